The summed E-state index contributed by atoms with van der Waals surface area (Å²) >= 11 is 1.60. The second-order valence-electron chi connectivity index (χ2n) is 4.95. The van der Waals surface area contributed by atoms with Gasteiger partial charge < -0.3 is 10.6 Å². The molecule has 2 N–H and O–H groups in total. The molecule has 4 heteroatoms. The second kappa shape index (κ2) is 7.56. The molecule has 0 aromatic heterocycles. The molecule has 2 rings (SSSR count). The third-order valence-corrected chi connectivity index (χ3v) is 4.00. The summed E-state index contributed by atoms with van der Waals surface area (Å²) in [6.07, 6.45) is 3.45. The Morgan fingerprint density at radius 3 is 2.68 bits per heavy atom. The lowest BCUT2D eigenvalue weighted by Gasteiger charge is -2.06. The molecule has 0 heterocycles. The van der Waals surface area contributed by atoms with E-state index in [1.54, 1.807) is 11.8 Å². The van der Waals surface area contributed by atoms with Crippen LogP contribution in [-0.2, 0) is 11.3 Å². The first kappa shape index (κ1) is 14.4. The average Bonchev–Trinajstić information content (AvgIpc) is 3.22. The van der Waals surface area contributed by atoms with Crippen LogP contribution in [0.25, 0.3) is 0 Å². The number of benzene rings is 1. The molecule has 104 valence electrons. The van der Waals surface area contributed by atoms with Crippen LogP contribution >= 0.6 is 11.8 Å². The summed E-state index contributed by atoms with van der Waals surface area (Å²) in [6, 6.07) is 8.91. The van der Waals surface area contributed by atoms with E-state index < -0.39 is 0 Å². The Bertz CT molecular complexity index is 401. The lowest BCUT2D eigenvalue weighted by atomic mass is 10.2. The number of carbonyl (C=O) groups is 1. The fourth-order valence-corrected chi connectivity index (χ4v) is 2.47. The van der Waals surface area contributed by atoms with Crippen LogP contribution in [0.3, 0.4) is 0 Å². The average molecular weight is 278 g/mol. The third kappa shape index (κ3) is 5.66. The minimum atomic E-state index is 0.154. The first-order valence-electron chi connectivity index (χ1n) is 6.99. The molecular formula is C15H22N2OS. The summed E-state index contributed by atoms with van der Waals surface area (Å²) in [7, 11) is 0. The summed E-state index contributed by atoms with van der Waals surface area (Å²) < 4.78 is 0. The molecule has 0 atom stereocenters. The van der Waals surface area contributed by atoms with Crippen molar-refractivity contribution in [3.05, 3.63) is 29.8 Å². The van der Waals surface area contributed by atoms with Gasteiger partial charge in [-0.2, -0.15) is 0 Å². The fraction of sp³-hybridized carbons (Fsp3) is 0.533. The highest BCUT2D eigenvalue weighted by Gasteiger charge is 2.22. The largest absolute Gasteiger partial charge is 0.353 e. The smallest absolute Gasteiger partial charge is 0.230 e. The Labute approximate surface area is 119 Å². The van der Waals surface area contributed by atoms with E-state index in [1.807, 2.05) is 0 Å². The van der Waals surface area contributed by atoms with Gasteiger partial charge in [0.25, 0.3) is 0 Å². The van der Waals surface area contributed by atoms with Crippen molar-refractivity contribution in [1.82, 2.24) is 10.6 Å². The Kier molecular flexibility index (Phi) is 5.73. The van der Waals surface area contributed by atoms with E-state index in [0.717, 1.165) is 37.2 Å². The molecule has 0 unspecified atom stereocenters. The van der Waals surface area contributed by atoms with E-state index in [4.69, 9.17) is 0 Å². The van der Waals surface area contributed by atoms with E-state index in [0.29, 0.717) is 11.8 Å². The SMILES string of the molecule is CCCNCc1ccc(SCC(=O)NC2CC2)cc1. The molecule has 1 saturated carbocycles. The second-order valence-corrected chi connectivity index (χ2v) is 6.00. The van der Waals surface area contributed by atoms with Crippen molar-refractivity contribution in [2.24, 2.45) is 0 Å². The first-order valence-corrected chi connectivity index (χ1v) is 7.98. The van der Waals surface area contributed by atoms with Crippen LogP contribution in [0, 0.1) is 0 Å². The van der Waals surface area contributed by atoms with Crippen molar-refractivity contribution in [1.29, 1.82) is 0 Å². The molecule has 3 nitrogen and oxygen atoms in total. The zero-order valence-corrected chi connectivity index (χ0v) is 12.3. The molecule has 0 saturated heterocycles. The van der Waals surface area contributed by atoms with Crippen LogP contribution in [0.1, 0.15) is 31.7 Å². The quantitative estimate of drug-likeness (QED) is 0.567. The van der Waals surface area contributed by atoms with Gasteiger partial charge in [0.2, 0.25) is 5.91 Å². The molecular weight excluding hydrogens is 256 g/mol. The van der Waals surface area contributed by atoms with E-state index in [1.165, 1.54) is 5.56 Å². The highest BCUT2D eigenvalue weighted by molar-refractivity contribution is 8.00. The van der Waals surface area contributed by atoms with Gasteiger partial charge in [0.15, 0.2) is 0 Å². The van der Waals surface area contributed by atoms with Gasteiger partial charge in [0.1, 0.15) is 0 Å². The molecule has 1 amide bonds. The summed E-state index contributed by atoms with van der Waals surface area (Å²) in [5, 5.41) is 6.38. The summed E-state index contributed by atoms with van der Waals surface area (Å²) in [6.45, 7) is 4.14. The Balaban J connectivity index is 1.69. The van der Waals surface area contributed by atoms with Crippen molar-refractivity contribution in [2.75, 3.05) is 12.3 Å². The van der Waals surface area contributed by atoms with E-state index in [-0.39, 0.29) is 5.91 Å². The van der Waals surface area contributed by atoms with Gasteiger partial charge in [0, 0.05) is 17.5 Å². The van der Waals surface area contributed by atoms with Gasteiger partial charge in [-0.15, -0.1) is 11.8 Å². The van der Waals surface area contributed by atoms with Crippen LogP contribution in [0.15, 0.2) is 29.2 Å². The maximum absolute atomic E-state index is 11.6. The molecule has 0 aliphatic heterocycles. The lowest BCUT2D eigenvalue weighted by Crippen LogP contribution is -2.26. The molecule has 0 bridgehead atoms. The normalized spacial score (nSPS) is 14.4. The fourth-order valence-electron chi connectivity index (χ4n) is 1.76. The molecule has 1 fully saturated rings. The molecule has 19 heavy (non-hydrogen) atoms. The van der Waals surface area contributed by atoms with Gasteiger partial charge >= 0.3 is 0 Å². The van der Waals surface area contributed by atoms with Crippen LogP contribution in [0.5, 0.6) is 0 Å². The predicted molar refractivity (Wildman–Crippen MR) is 80.3 cm³/mol. The number of nitrogens with one attached hydrogen (secondary N) is 2. The number of carbonyl (C=O) groups excluding carboxylic acids is 1. The molecule has 0 radical (unpaired) electrons. The maximum atomic E-state index is 11.6. The van der Waals surface area contributed by atoms with Gasteiger partial charge in [-0.05, 0) is 43.5 Å². The molecule has 0 spiro atoms. The van der Waals surface area contributed by atoms with E-state index >= 15 is 0 Å². The topological polar surface area (TPSA) is 41.1 Å². The third-order valence-electron chi connectivity index (χ3n) is 2.99. The molecule has 1 aromatic rings. The maximum Gasteiger partial charge on any atom is 0.230 e. The summed E-state index contributed by atoms with van der Waals surface area (Å²) in [5.74, 6) is 0.672. The molecule has 1 aliphatic rings. The number of amides is 1. The Morgan fingerprint density at radius 1 is 1.32 bits per heavy atom. The van der Waals surface area contributed by atoms with Gasteiger partial charge in [-0.1, -0.05) is 19.1 Å². The van der Waals surface area contributed by atoms with Crippen molar-refractivity contribution in [3.8, 4) is 0 Å². The number of thioether (sulfide) groups is 1. The summed E-state index contributed by atoms with van der Waals surface area (Å²) in [4.78, 5) is 12.7. The monoisotopic (exact) mass is 278 g/mol. The standard InChI is InChI=1S/C15H22N2OS/c1-2-9-16-10-12-3-7-14(8-4-12)19-11-15(18)17-13-5-6-13/h3-4,7-8,13,16H,2,5-6,9-11H2,1H3,(H,17,18). The van der Waals surface area contributed by atoms with Crippen molar-refractivity contribution in [2.45, 2.75) is 43.7 Å². The van der Waals surface area contributed by atoms with Crippen LogP contribution in [-0.4, -0.2) is 24.2 Å². The van der Waals surface area contributed by atoms with Crippen molar-refractivity contribution in [3.63, 3.8) is 0 Å². The van der Waals surface area contributed by atoms with Crippen molar-refractivity contribution < 1.29 is 4.79 Å². The highest BCUT2D eigenvalue weighted by atomic mass is 32.2. The van der Waals surface area contributed by atoms with Crippen LogP contribution in [0.4, 0.5) is 0 Å². The minimum absolute atomic E-state index is 0.154. The number of hydrogen-bond donors (Lipinski definition) is 2. The Hall–Kier alpha value is -1.00. The molecule has 1 aliphatic carbocycles. The number of hydrogen-bond acceptors (Lipinski definition) is 3. The Morgan fingerprint density at radius 2 is 2.05 bits per heavy atom. The summed E-state index contributed by atoms with van der Waals surface area (Å²) in [5.41, 5.74) is 1.29. The van der Waals surface area contributed by atoms with Crippen LogP contribution in [0.2, 0.25) is 0 Å². The predicted octanol–water partition coefficient (Wildman–Crippen LogP) is 2.56. The van der Waals surface area contributed by atoms with Crippen LogP contribution < -0.4 is 10.6 Å². The van der Waals surface area contributed by atoms with Gasteiger partial charge in [0.05, 0.1) is 5.75 Å². The highest BCUT2D eigenvalue weighted by Crippen LogP contribution is 2.21. The number of rotatable bonds is 8. The zero-order valence-electron chi connectivity index (χ0n) is 11.4. The zero-order chi connectivity index (χ0) is 13.5. The first-order chi connectivity index (χ1) is 9.28. The van der Waals surface area contributed by atoms with E-state index in [9.17, 15) is 4.79 Å². The molecule has 1 aromatic carbocycles. The van der Waals surface area contributed by atoms with Gasteiger partial charge in [-0.3, -0.25) is 4.79 Å². The van der Waals surface area contributed by atoms with Crippen molar-refractivity contribution >= 4 is 17.7 Å². The van der Waals surface area contributed by atoms with E-state index in [2.05, 4.69) is 41.8 Å². The lowest BCUT2D eigenvalue weighted by molar-refractivity contribution is -0.118. The van der Waals surface area contributed by atoms with Gasteiger partial charge in [-0.25, -0.2) is 0 Å². The minimum Gasteiger partial charge on any atom is -0.353 e.